The number of rotatable bonds is 5. The summed E-state index contributed by atoms with van der Waals surface area (Å²) in [6.45, 7) is 0. The van der Waals surface area contributed by atoms with Crippen LogP contribution in [0.2, 0.25) is 0 Å². The third-order valence-corrected chi connectivity index (χ3v) is 5.59. The first-order valence-corrected chi connectivity index (χ1v) is 10.9. The Morgan fingerprint density at radius 1 is 0.895 bits per heavy atom. The second-order valence-corrected chi connectivity index (χ2v) is 7.97. The number of benzene rings is 2. The van der Waals surface area contributed by atoms with Crippen molar-refractivity contribution in [1.29, 1.82) is 0 Å². The van der Waals surface area contributed by atoms with E-state index in [1.54, 1.807) is 12.1 Å². The molecule has 0 fully saturated rings. The normalized spacial score (nSPS) is 11.8. The second-order valence-electron chi connectivity index (χ2n) is 7.97. The lowest BCUT2D eigenvalue weighted by Crippen LogP contribution is -2.13. The molecule has 38 heavy (non-hydrogen) atoms. The summed E-state index contributed by atoms with van der Waals surface area (Å²) in [5, 5.41) is -0.0159. The Balaban J connectivity index is 1.61. The summed E-state index contributed by atoms with van der Waals surface area (Å²) in [5.41, 5.74) is -1.74. The maximum atomic E-state index is 14.8. The van der Waals surface area contributed by atoms with Crippen molar-refractivity contribution in [3.63, 3.8) is 0 Å². The minimum atomic E-state index is -4.71. The molecule has 0 bridgehead atoms. The number of hydrogen-bond donors (Lipinski definition) is 0. The van der Waals surface area contributed by atoms with Gasteiger partial charge < -0.3 is 4.74 Å². The molecule has 0 saturated heterocycles. The molecule has 3 heterocycles. The van der Waals surface area contributed by atoms with Crippen molar-refractivity contribution in [2.24, 2.45) is 0 Å². The van der Waals surface area contributed by atoms with Gasteiger partial charge in [-0.1, -0.05) is 6.07 Å². The van der Waals surface area contributed by atoms with E-state index in [9.17, 15) is 31.1 Å². The maximum Gasteiger partial charge on any atom is 0.421 e. The van der Waals surface area contributed by atoms with Crippen molar-refractivity contribution >= 4 is 10.9 Å². The molecule has 3 aromatic heterocycles. The van der Waals surface area contributed by atoms with Crippen LogP contribution in [-0.4, -0.2) is 19.5 Å². The molecule has 0 aliphatic heterocycles. The van der Waals surface area contributed by atoms with Crippen LogP contribution in [0.5, 0.6) is 11.6 Å². The first kappa shape index (κ1) is 24.9. The fraction of sp³-hybridized carbons (Fsp3) is 0.0769. The van der Waals surface area contributed by atoms with Crippen molar-refractivity contribution in [1.82, 2.24) is 19.5 Å². The van der Waals surface area contributed by atoms with Gasteiger partial charge in [-0.25, -0.2) is 18.2 Å². The van der Waals surface area contributed by atoms with E-state index < -0.39 is 41.0 Å². The average molecular weight is 528 g/mol. The van der Waals surface area contributed by atoms with Gasteiger partial charge in [-0.15, -0.1) is 0 Å². The summed E-state index contributed by atoms with van der Waals surface area (Å²) in [4.78, 5) is 24.2. The first-order chi connectivity index (χ1) is 18.1. The van der Waals surface area contributed by atoms with E-state index in [-0.39, 0.29) is 33.6 Å². The van der Waals surface area contributed by atoms with E-state index in [1.165, 1.54) is 41.4 Å². The third kappa shape index (κ3) is 4.67. The predicted octanol–water partition coefficient (Wildman–Crippen LogP) is 6.73. The topological polar surface area (TPSA) is 69.9 Å². The van der Waals surface area contributed by atoms with Gasteiger partial charge in [0.1, 0.15) is 23.5 Å². The second kappa shape index (κ2) is 9.61. The number of halogens is 6. The highest BCUT2D eigenvalue weighted by Crippen LogP contribution is 2.37. The number of alkyl halides is 5. The molecule has 0 amide bonds. The van der Waals surface area contributed by atoms with Crippen molar-refractivity contribution in [2.75, 3.05) is 0 Å². The minimum Gasteiger partial charge on any atom is -0.438 e. The molecule has 0 atom stereocenters. The van der Waals surface area contributed by atoms with Gasteiger partial charge in [-0.3, -0.25) is 14.3 Å². The monoisotopic (exact) mass is 528 g/mol. The quantitative estimate of drug-likeness (QED) is 0.237. The molecule has 2 aromatic carbocycles. The lowest BCUT2D eigenvalue weighted by atomic mass is 10.1. The summed E-state index contributed by atoms with van der Waals surface area (Å²) in [6, 6.07) is 12.0. The first-order valence-electron chi connectivity index (χ1n) is 10.9. The molecule has 5 rings (SSSR count). The number of fused-ring (bicyclic) bond motifs is 1. The third-order valence-electron chi connectivity index (χ3n) is 5.59. The van der Waals surface area contributed by atoms with Gasteiger partial charge in [-0.2, -0.15) is 18.2 Å². The number of pyridine rings is 2. The van der Waals surface area contributed by atoms with Crippen LogP contribution in [0.1, 0.15) is 17.6 Å². The van der Waals surface area contributed by atoms with Crippen molar-refractivity contribution in [3.8, 4) is 28.6 Å². The summed E-state index contributed by atoms with van der Waals surface area (Å²) in [5.74, 6) is -1.72. The van der Waals surface area contributed by atoms with Crippen LogP contribution < -0.4 is 10.3 Å². The Kier molecular flexibility index (Phi) is 6.31. The Morgan fingerprint density at radius 3 is 2.39 bits per heavy atom. The highest BCUT2D eigenvalue weighted by molar-refractivity contribution is 5.83. The molecule has 0 aliphatic rings. The predicted molar refractivity (Wildman–Crippen MR) is 125 cm³/mol. The van der Waals surface area contributed by atoms with Gasteiger partial charge in [-0.05, 0) is 54.6 Å². The Labute approximate surface area is 209 Å². The molecule has 0 unspecified atom stereocenters. The minimum absolute atomic E-state index is 0.0159. The lowest BCUT2D eigenvalue weighted by Gasteiger charge is -2.16. The largest absolute Gasteiger partial charge is 0.438 e. The zero-order valence-corrected chi connectivity index (χ0v) is 19.0. The average Bonchev–Trinajstić information content (AvgIpc) is 2.89. The summed E-state index contributed by atoms with van der Waals surface area (Å²) < 4.78 is 87.5. The molecule has 6 nitrogen and oxygen atoms in total. The van der Waals surface area contributed by atoms with Crippen LogP contribution >= 0.6 is 0 Å². The number of hydrogen-bond acceptors (Lipinski definition) is 5. The van der Waals surface area contributed by atoms with Crippen LogP contribution in [0.4, 0.5) is 26.3 Å². The van der Waals surface area contributed by atoms with E-state index in [1.807, 2.05) is 0 Å². The fourth-order valence-electron chi connectivity index (χ4n) is 3.85. The molecular weight excluding hydrogens is 514 g/mol. The van der Waals surface area contributed by atoms with E-state index in [0.29, 0.717) is 0 Å². The van der Waals surface area contributed by atoms with Gasteiger partial charge in [0.15, 0.2) is 0 Å². The summed E-state index contributed by atoms with van der Waals surface area (Å²) in [7, 11) is 0. The van der Waals surface area contributed by atoms with E-state index in [2.05, 4.69) is 15.0 Å². The Bertz CT molecular complexity index is 1720. The van der Waals surface area contributed by atoms with Crippen LogP contribution in [-0.2, 0) is 6.18 Å². The highest BCUT2D eigenvalue weighted by Gasteiger charge is 2.35. The fourth-order valence-corrected chi connectivity index (χ4v) is 3.85. The van der Waals surface area contributed by atoms with Crippen molar-refractivity contribution < 1.29 is 31.1 Å². The Morgan fingerprint density at radius 2 is 1.66 bits per heavy atom. The molecule has 12 heteroatoms. The van der Waals surface area contributed by atoms with Crippen LogP contribution in [0, 0.1) is 5.82 Å². The van der Waals surface area contributed by atoms with Gasteiger partial charge >= 0.3 is 6.18 Å². The van der Waals surface area contributed by atoms with E-state index in [4.69, 9.17) is 4.74 Å². The Hall–Kier alpha value is -4.74. The van der Waals surface area contributed by atoms with Gasteiger partial charge in [0.2, 0.25) is 5.88 Å². The number of aromatic nitrogens is 4. The molecule has 192 valence electrons. The lowest BCUT2D eigenvalue weighted by molar-refractivity contribution is -0.138. The standard InChI is InChI=1S/C26H14F6N4O2/c27-19-11-14(23(28)29)5-7-16(19)22-21(4-2-9-33-22)36-13-35-24(37)17-12-15(6-8-20(17)36)38-25-18(26(30,31)32)3-1-10-34-25/h1-13,23H. The van der Waals surface area contributed by atoms with E-state index >= 15 is 0 Å². The molecule has 5 aromatic rings. The maximum absolute atomic E-state index is 14.8. The number of ether oxygens (including phenoxy) is 1. The highest BCUT2D eigenvalue weighted by atomic mass is 19.4. The molecule has 0 aliphatic carbocycles. The summed E-state index contributed by atoms with van der Waals surface area (Å²) >= 11 is 0. The molecule has 0 saturated carbocycles. The van der Waals surface area contributed by atoms with Gasteiger partial charge in [0, 0.05) is 23.5 Å². The smallest absolute Gasteiger partial charge is 0.421 e. The molecule has 0 N–H and O–H groups in total. The molecule has 0 spiro atoms. The van der Waals surface area contributed by atoms with Crippen molar-refractivity contribution in [2.45, 2.75) is 12.6 Å². The van der Waals surface area contributed by atoms with E-state index in [0.717, 1.165) is 30.5 Å². The van der Waals surface area contributed by atoms with Crippen LogP contribution in [0.25, 0.3) is 27.8 Å². The van der Waals surface area contributed by atoms with Gasteiger partial charge in [0.05, 0.1) is 22.3 Å². The zero-order chi connectivity index (χ0) is 27.0. The molecular formula is C26H14F6N4O2. The summed E-state index contributed by atoms with van der Waals surface area (Å²) in [6.07, 6.45) is -3.87. The molecule has 0 radical (unpaired) electrons. The number of nitrogens with zero attached hydrogens (tertiary/aromatic N) is 4. The van der Waals surface area contributed by atoms with Crippen LogP contribution in [0.15, 0.2) is 84.2 Å². The zero-order valence-electron chi connectivity index (χ0n) is 19.0. The van der Waals surface area contributed by atoms with Crippen molar-refractivity contribution in [3.05, 3.63) is 107 Å². The van der Waals surface area contributed by atoms with Gasteiger partial charge in [0.25, 0.3) is 12.0 Å². The van der Waals surface area contributed by atoms with Crippen LogP contribution in [0.3, 0.4) is 0 Å². The SMILES string of the molecule is O=c1ncn(-c2cccnc2-c2ccc(C(F)F)cc2F)c2ccc(Oc3ncccc3C(F)(F)F)cc12.